The van der Waals surface area contributed by atoms with E-state index in [2.05, 4.69) is 21.2 Å². The minimum atomic E-state index is -0.428. The van der Waals surface area contributed by atoms with E-state index < -0.39 is 5.60 Å². The molecule has 1 saturated carbocycles. The Morgan fingerprint density at radius 3 is 2.27 bits per heavy atom. The number of hydrogen-bond acceptors (Lipinski definition) is 2. The lowest BCUT2D eigenvalue weighted by Gasteiger charge is -2.33. The van der Waals surface area contributed by atoms with E-state index in [0.29, 0.717) is 0 Å². The van der Waals surface area contributed by atoms with Gasteiger partial charge in [-0.15, -0.1) is 0 Å². The van der Waals surface area contributed by atoms with Crippen molar-refractivity contribution in [2.24, 2.45) is 0 Å². The highest BCUT2D eigenvalue weighted by molar-refractivity contribution is 9.10. The second kappa shape index (κ2) is 4.73. The average molecular weight is 278 g/mol. The molecule has 88 valence electrons. The van der Waals surface area contributed by atoms with Gasteiger partial charge in [0.1, 0.15) is 5.60 Å². The lowest BCUT2D eigenvalue weighted by molar-refractivity contribution is 0.0482. The van der Waals surface area contributed by atoms with Crippen molar-refractivity contribution < 1.29 is 9.53 Å². The van der Waals surface area contributed by atoms with Crippen molar-refractivity contribution in [3.8, 4) is 0 Å². The summed E-state index contributed by atoms with van der Waals surface area (Å²) in [6.45, 7) is 5.61. The molecular weight excluding hydrogens is 258 g/mol. The first kappa shape index (κ1) is 12.8. The Labute approximate surface area is 100 Å². The molecule has 0 atom stereocenters. The molecule has 0 aromatic carbocycles. The van der Waals surface area contributed by atoms with Crippen LogP contribution in [0.1, 0.15) is 52.9 Å². The zero-order valence-electron chi connectivity index (χ0n) is 9.73. The summed E-state index contributed by atoms with van der Waals surface area (Å²) in [6.07, 6.45) is 5.19. The van der Waals surface area contributed by atoms with Crippen LogP contribution in [0.2, 0.25) is 0 Å². The van der Waals surface area contributed by atoms with E-state index >= 15 is 0 Å². The minimum absolute atomic E-state index is 0.242. The molecule has 0 radical (unpaired) electrons. The molecule has 0 spiro atoms. The van der Waals surface area contributed by atoms with Gasteiger partial charge in [-0.2, -0.15) is 0 Å². The lowest BCUT2D eigenvalue weighted by atomic mass is 9.95. The first-order valence-corrected chi connectivity index (χ1v) is 6.30. The molecule has 0 aromatic heterocycles. The maximum absolute atomic E-state index is 11.6. The summed E-state index contributed by atoms with van der Waals surface area (Å²) in [6, 6.07) is 0. The van der Waals surface area contributed by atoms with Gasteiger partial charge in [0, 0.05) is 0 Å². The van der Waals surface area contributed by atoms with Gasteiger partial charge in [0.15, 0.2) is 0 Å². The number of carbonyl (C=O) groups is 1. The number of hydrogen-bond donors (Lipinski definition) is 1. The second-order valence-corrected chi connectivity index (χ2v) is 6.67. The quantitative estimate of drug-likeness (QED) is 0.588. The summed E-state index contributed by atoms with van der Waals surface area (Å²) in [5.41, 5.74) is -0.428. The molecule has 3 nitrogen and oxygen atoms in total. The van der Waals surface area contributed by atoms with Crippen LogP contribution < -0.4 is 5.32 Å². The Bertz CT molecular complexity index is 229. The molecule has 0 bridgehead atoms. The highest BCUT2D eigenvalue weighted by atomic mass is 79.9. The van der Waals surface area contributed by atoms with E-state index in [9.17, 15) is 4.79 Å². The molecule has 1 N–H and O–H groups in total. The van der Waals surface area contributed by atoms with Crippen molar-refractivity contribution in [1.82, 2.24) is 5.32 Å². The Morgan fingerprint density at radius 1 is 1.27 bits per heavy atom. The number of alkyl carbamates (subject to hydrolysis) is 1. The average Bonchev–Trinajstić information content (AvgIpc) is 1.99. The number of halogens is 1. The molecular formula is C11H20BrNO2. The zero-order chi connectivity index (χ0) is 11.5. The number of ether oxygens (including phenoxy) is 1. The summed E-state index contributed by atoms with van der Waals surface area (Å²) >= 11 is 3.59. The molecule has 0 aromatic rings. The van der Waals surface area contributed by atoms with Crippen LogP contribution in [0.4, 0.5) is 4.79 Å². The normalized spacial score (nSPS) is 20.8. The monoisotopic (exact) mass is 277 g/mol. The maximum atomic E-state index is 11.6. The van der Waals surface area contributed by atoms with E-state index in [1.807, 2.05) is 20.8 Å². The summed E-state index contributed by atoms with van der Waals surface area (Å²) in [4.78, 5) is 11.6. The zero-order valence-corrected chi connectivity index (χ0v) is 11.3. The van der Waals surface area contributed by atoms with E-state index in [-0.39, 0.29) is 10.5 Å². The molecule has 0 aliphatic heterocycles. The standard InChI is InChI=1S/C11H20BrNO2/c1-10(2,3)15-9(14)13-11(12)7-5-4-6-8-11/h4-8H2,1-3H3,(H,13,14). The van der Waals surface area contributed by atoms with Crippen molar-refractivity contribution in [3.05, 3.63) is 0 Å². The van der Waals surface area contributed by atoms with Gasteiger partial charge in [-0.1, -0.05) is 35.2 Å². The topological polar surface area (TPSA) is 38.3 Å². The van der Waals surface area contributed by atoms with E-state index in [0.717, 1.165) is 25.7 Å². The van der Waals surface area contributed by atoms with Gasteiger partial charge in [-0.25, -0.2) is 4.79 Å². The molecule has 1 amide bonds. The van der Waals surface area contributed by atoms with Crippen molar-refractivity contribution in [1.29, 1.82) is 0 Å². The van der Waals surface area contributed by atoms with Crippen LogP contribution in [0.15, 0.2) is 0 Å². The third-order valence-corrected chi connectivity index (χ3v) is 3.36. The van der Waals surface area contributed by atoms with Gasteiger partial charge < -0.3 is 10.1 Å². The Kier molecular flexibility index (Phi) is 4.04. The Balaban J connectivity index is 2.42. The van der Waals surface area contributed by atoms with Crippen LogP contribution in [0.3, 0.4) is 0 Å². The van der Waals surface area contributed by atoms with Crippen molar-refractivity contribution >= 4 is 22.0 Å². The van der Waals surface area contributed by atoms with E-state index in [1.54, 1.807) is 0 Å². The first-order chi connectivity index (χ1) is 6.81. The first-order valence-electron chi connectivity index (χ1n) is 5.51. The highest BCUT2D eigenvalue weighted by Crippen LogP contribution is 2.33. The van der Waals surface area contributed by atoms with Crippen LogP contribution >= 0.6 is 15.9 Å². The van der Waals surface area contributed by atoms with Crippen LogP contribution in [0.5, 0.6) is 0 Å². The number of carbonyl (C=O) groups excluding carboxylic acids is 1. The predicted octanol–water partition coefficient (Wildman–Crippen LogP) is 3.57. The van der Waals surface area contributed by atoms with E-state index in [1.165, 1.54) is 6.42 Å². The molecule has 4 heteroatoms. The lowest BCUT2D eigenvalue weighted by Crippen LogP contribution is -2.46. The van der Waals surface area contributed by atoms with Crippen LogP contribution in [-0.2, 0) is 4.74 Å². The Morgan fingerprint density at radius 2 is 1.80 bits per heavy atom. The maximum Gasteiger partial charge on any atom is 0.408 e. The fourth-order valence-corrected chi connectivity index (χ4v) is 2.45. The third-order valence-electron chi connectivity index (χ3n) is 2.37. The third kappa shape index (κ3) is 4.87. The molecule has 1 aliphatic rings. The summed E-state index contributed by atoms with van der Waals surface area (Å²) in [5, 5.41) is 2.91. The smallest absolute Gasteiger partial charge is 0.408 e. The van der Waals surface area contributed by atoms with Crippen LogP contribution in [-0.4, -0.2) is 16.1 Å². The summed E-state index contributed by atoms with van der Waals surface area (Å²) in [5.74, 6) is 0. The summed E-state index contributed by atoms with van der Waals surface area (Å²) in [7, 11) is 0. The Hall–Kier alpha value is -0.250. The molecule has 1 fully saturated rings. The largest absolute Gasteiger partial charge is 0.444 e. The molecule has 1 aliphatic carbocycles. The fourth-order valence-electron chi connectivity index (χ4n) is 1.72. The van der Waals surface area contributed by atoms with Crippen molar-refractivity contribution in [2.45, 2.75) is 62.9 Å². The fraction of sp³-hybridized carbons (Fsp3) is 0.909. The van der Waals surface area contributed by atoms with Gasteiger partial charge in [0.25, 0.3) is 0 Å². The van der Waals surface area contributed by atoms with Crippen molar-refractivity contribution in [3.63, 3.8) is 0 Å². The van der Waals surface area contributed by atoms with Gasteiger partial charge in [0.2, 0.25) is 0 Å². The van der Waals surface area contributed by atoms with Crippen LogP contribution in [0, 0.1) is 0 Å². The number of alkyl halides is 1. The SMILES string of the molecule is CC(C)(C)OC(=O)NC1(Br)CCCCC1. The highest BCUT2D eigenvalue weighted by Gasteiger charge is 2.32. The molecule has 0 saturated heterocycles. The van der Waals surface area contributed by atoms with E-state index in [4.69, 9.17) is 4.74 Å². The second-order valence-electron chi connectivity index (χ2n) is 5.15. The number of amides is 1. The van der Waals surface area contributed by atoms with Crippen LogP contribution in [0.25, 0.3) is 0 Å². The molecule has 15 heavy (non-hydrogen) atoms. The van der Waals surface area contributed by atoms with Gasteiger partial charge in [0.05, 0.1) is 4.45 Å². The summed E-state index contributed by atoms with van der Waals surface area (Å²) < 4.78 is 4.98. The van der Waals surface area contributed by atoms with Crippen molar-refractivity contribution in [2.75, 3.05) is 0 Å². The van der Waals surface area contributed by atoms with Gasteiger partial charge in [-0.05, 0) is 33.6 Å². The minimum Gasteiger partial charge on any atom is -0.444 e. The van der Waals surface area contributed by atoms with Gasteiger partial charge in [-0.3, -0.25) is 0 Å². The molecule has 0 heterocycles. The number of nitrogens with one attached hydrogen (secondary N) is 1. The number of rotatable bonds is 1. The molecule has 1 rings (SSSR count). The van der Waals surface area contributed by atoms with Gasteiger partial charge >= 0.3 is 6.09 Å². The molecule has 0 unspecified atom stereocenters. The predicted molar refractivity (Wildman–Crippen MR) is 64.1 cm³/mol.